The van der Waals surface area contributed by atoms with E-state index in [1.165, 1.54) is 5.56 Å². The first-order valence-corrected chi connectivity index (χ1v) is 10.7. The molecular formula is C22H38IN5O. The third kappa shape index (κ3) is 9.33. The minimum atomic E-state index is 0. The molecule has 29 heavy (non-hydrogen) atoms. The van der Waals surface area contributed by atoms with E-state index >= 15 is 0 Å². The molecule has 0 aromatic heterocycles. The molecule has 1 aromatic rings. The third-order valence-electron chi connectivity index (χ3n) is 5.23. The summed E-state index contributed by atoms with van der Waals surface area (Å²) in [7, 11) is 0. The Morgan fingerprint density at radius 2 is 1.79 bits per heavy atom. The van der Waals surface area contributed by atoms with Crippen molar-refractivity contribution in [1.29, 1.82) is 0 Å². The predicted octanol–water partition coefficient (Wildman–Crippen LogP) is 3.08. The molecule has 164 valence electrons. The molecule has 1 saturated heterocycles. The number of benzene rings is 1. The number of carbonyl (C=O) groups is 1. The summed E-state index contributed by atoms with van der Waals surface area (Å²) in [4.78, 5) is 21.1. The Labute approximate surface area is 193 Å². The number of aliphatic imine (C=N–C) groups is 1. The molecule has 1 heterocycles. The van der Waals surface area contributed by atoms with Crippen molar-refractivity contribution in [2.75, 3.05) is 39.3 Å². The van der Waals surface area contributed by atoms with Crippen molar-refractivity contribution in [3.8, 4) is 0 Å². The van der Waals surface area contributed by atoms with Gasteiger partial charge in [-0.2, -0.15) is 0 Å². The van der Waals surface area contributed by atoms with Gasteiger partial charge in [-0.25, -0.2) is 0 Å². The average Bonchev–Trinajstić information content (AvgIpc) is 2.71. The maximum atomic E-state index is 12.1. The standard InChI is InChI=1S/C22H37N5O.HI/c1-4-23-22(24-15-12-21(28)27(5-2)6-3)25-20-13-16-26(17-14-20)18-19-10-8-7-9-11-19;/h7-11,20H,4-6,12-18H2,1-3H3,(H2,23,24,25);1H. The lowest BCUT2D eigenvalue weighted by atomic mass is 10.0. The van der Waals surface area contributed by atoms with Gasteiger partial charge in [-0.05, 0) is 39.2 Å². The molecule has 1 amide bonds. The highest BCUT2D eigenvalue weighted by atomic mass is 127. The van der Waals surface area contributed by atoms with Crippen molar-refractivity contribution in [2.45, 2.75) is 52.6 Å². The van der Waals surface area contributed by atoms with Crippen LogP contribution in [0.3, 0.4) is 0 Å². The molecule has 2 rings (SSSR count). The molecule has 0 saturated carbocycles. The summed E-state index contributed by atoms with van der Waals surface area (Å²) in [5, 5.41) is 6.87. The first kappa shape index (κ1) is 25.7. The molecule has 6 nitrogen and oxygen atoms in total. The van der Waals surface area contributed by atoms with Crippen molar-refractivity contribution in [3.63, 3.8) is 0 Å². The van der Waals surface area contributed by atoms with Gasteiger partial charge in [0.15, 0.2) is 5.96 Å². The summed E-state index contributed by atoms with van der Waals surface area (Å²) in [6.45, 7) is 12.2. The second-order valence-electron chi connectivity index (χ2n) is 7.26. The number of carbonyl (C=O) groups excluding carboxylic acids is 1. The van der Waals surface area contributed by atoms with Crippen LogP contribution in [-0.4, -0.2) is 67.0 Å². The van der Waals surface area contributed by atoms with Crippen molar-refractivity contribution in [3.05, 3.63) is 35.9 Å². The minimum Gasteiger partial charge on any atom is -0.357 e. The summed E-state index contributed by atoms with van der Waals surface area (Å²) < 4.78 is 0. The first-order valence-electron chi connectivity index (χ1n) is 10.7. The highest BCUT2D eigenvalue weighted by Gasteiger charge is 2.20. The van der Waals surface area contributed by atoms with Crippen LogP contribution in [0, 0.1) is 0 Å². The average molecular weight is 515 g/mol. The Bertz CT molecular complexity index is 598. The number of nitrogens with zero attached hydrogens (tertiary/aromatic N) is 3. The zero-order valence-corrected chi connectivity index (χ0v) is 20.5. The largest absolute Gasteiger partial charge is 0.357 e. The predicted molar refractivity (Wildman–Crippen MR) is 132 cm³/mol. The number of hydrogen-bond acceptors (Lipinski definition) is 3. The van der Waals surface area contributed by atoms with Crippen molar-refractivity contribution in [1.82, 2.24) is 20.4 Å². The van der Waals surface area contributed by atoms with Gasteiger partial charge in [-0.1, -0.05) is 30.3 Å². The fraction of sp³-hybridized carbons (Fsp3) is 0.636. The zero-order chi connectivity index (χ0) is 20.2. The second-order valence-corrected chi connectivity index (χ2v) is 7.26. The van der Waals surface area contributed by atoms with Gasteiger partial charge in [0.1, 0.15) is 0 Å². The van der Waals surface area contributed by atoms with Crippen LogP contribution in [0.25, 0.3) is 0 Å². The Balaban J connectivity index is 0.00000420. The molecule has 0 aliphatic carbocycles. The van der Waals surface area contributed by atoms with Crippen molar-refractivity contribution in [2.24, 2.45) is 4.99 Å². The summed E-state index contributed by atoms with van der Waals surface area (Å²) in [6.07, 6.45) is 2.68. The topological polar surface area (TPSA) is 60.0 Å². The summed E-state index contributed by atoms with van der Waals surface area (Å²) in [5.74, 6) is 1.01. The van der Waals surface area contributed by atoms with E-state index in [1.54, 1.807) is 0 Å². The number of halogens is 1. The van der Waals surface area contributed by atoms with E-state index in [4.69, 9.17) is 0 Å². The minimum absolute atomic E-state index is 0. The van der Waals surface area contributed by atoms with Crippen LogP contribution in [0.2, 0.25) is 0 Å². The lowest BCUT2D eigenvalue weighted by Crippen LogP contribution is -2.48. The molecule has 1 aliphatic rings. The van der Waals surface area contributed by atoms with Crippen LogP contribution in [0.4, 0.5) is 0 Å². The summed E-state index contributed by atoms with van der Waals surface area (Å²) in [5.41, 5.74) is 1.38. The number of likely N-dealkylation sites (tertiary alicyclic amines) is 1. The van der Waals surface area contributed by atoms with E-state index in [1.807, 2.05) is 18.7 Å². The molecule has 0 radical (unpaired) electrons. The van der Waals surface area contributed by atoms with E-state index in [0.717, 1.165) is 58.1 Å². The number of hydrogen-bond donors (Lipinski definition) is 2. The van der Waals surface area contributed by atoms with Gasteiger partial charge in [-0.3, -0.25) is 14.7 Å². The number of guanidine groups is 1. The normalized spacial score (nSPS) is 15.5. The molecule has 0 atom stereocenters. The highest BCUT2D eigenvalue weighted by Crippen LogP contribution is 2.13. The Kier molecular flexibility index (Phi) is 12.9. The number of amides is 1. The molecule has 1 aromatic carbocycles. The van der Waals surface area contributed by atoms with Gasteiger partial charge in [0.05, 0.1) is 6.54 Å². The Hall–Kier alpha value is -1.35. The second kappa shape index (κ2) is 14.6. The van der Waals surface area contributed by atoms with Gasteiger partial charge in [-0.15, -0.1) is 24.0 Å². The van der Waals surface area contributed by atoms with E-state index < -0.39 is 0 Å². The first-order chi connectivity index (χ1) is 13.7. The number of nitrogens with one attached hydrogen (secondary N) is 2. The maximum absolute atomic E-state index is 12.1. The fourth-order valence-electron chi connectivity index (χ4n) is 3.59. The number of rotatable bonds is 9. The Morgan fingerprint density at radius 3 is 2.38 bits per heavy atom. The monoisotopic (exact) mass is 515 g/mol. The van der Waals surface area contributed by atoms with Crippen LogP contribution in [-0.2, 0) is 11.3 Å². The molecule has 0 unspecified atom stereocenters. The molecule has 2 N–H and O–H groups in total. The van der Waals surface area contributed by atoms with E-state index in [2.05, 4.69) is 57.8 Å². The van der Waals surface area contributed by atoms with Crippen LogP contribution < -0.4 is 10.6 Å². The lowest BCUT2D eigenvalue weighted by Gasteiger charge is -2.33. The van der Waals surface area contributed by atoms with E-state index in [0.29, 0.717) is 19.0 Å². The van der Waals surface area contributed by atoms with Gasteiger partial charge in [0.25, 0.3) is 0 Å². The molecular weight excluding hydrogens is 477 g/mol. The zero-order valence-electron chi connectivity index (χ0n) is 18.2. The van der Waals surface area contributed by atoms with Gasteiger partial charge in [0.2, 0.25) is 5.91 Å². The maximum Gasteiger partial charge on any atom is 0.224 e. The quantitative estimate of drug-likeness (QED) is 0.302. The summed E-state index contributed by atoms with van der Waals surface area (Å²) in [6, 6.07) is 11.1. The fourth-order valence-corrected chi connectivity index (χ4v) is 3.59. The van der Waals surface area contributed by atoms with Crippen LogP contribution >= 0.6 is 24.0 Å². The SMILES string of the molecule is CCNC(=NCCC(=O)N(CC)CC)NC1CCN(Cc2ccccc2)CC1.I. The molecule has 1 aliphatic heterocycles. The lowest BCUT2D eigenvalue weighted by molar-refractivity contribution is -0.130. The molecule has 7 heteroatoms. The molecule has 0 spiro atoms. The van der Waals surface area contributed by atoms with Crippen LogP contribution in [0.15, 0.2) is 35.3 Å². The van der Waals surface area contributed by atoms with Crippen molar-refractivity contribution < 1.29 is 4.79 Å². The molecule has 0 bridgehead atoms. The molecule has 1 fully saturated rings. The highest BCUT2D eigenvalue weighted by molar-refractivity contribution is 14.0. The smallest absolute Gasteiger partial charge is 0.224 e. The van der Waals surface area contributed by atoms with Gasteiger partial charge >= 0.3 is 0 Å². The van der Waals surface area contributed by atoms with E-state index in [-0.39, 0.29) is 29.9 Å². The summed E-state index contributed by atoms with van der Waals surface area (Å²) >= 11 is 0. The van der Waals surface area contributed by atoms with Crippen LogP contribution in [0.5, 0.6) is 0 Å². The third-order valence-corrected chi connectivity index (χ3v) is 5.23. The van der Waals surface area contributed by atoms with Gasteiger partial charge < -0.3 is 15.5 Å². The van der Waals surface area contributed by atoms with Gasteiger partial charge in [0, 0.05) is 51.7 Å². The van der Waals surface area contributed by atoms with Crippen LogP contribution in [0.1, 0.15) is 45.6 Å². The number of piperidine rings is 1. The van der Waals surface area contributed by atoms with Crippen molar-refractivity contribution >= 4 is 35.8 Å². The van der Waals surface area contributed by atoms with E-state index in [9.17, 15) is 4.79 Å². The Morgan fingerprint density at radius 1 is 1.14 bits per heavy atom.